The Labute approximate surface area is 75.5 Å². The van der Waals surface area contributed by atoms with Crippen LogP contribution in [0.25, 0.3) is 0 Å². The van der Waals surface area contributed by atoms with Gasteiger partial charge in [0.25, 0.3) is 0 Å². The highest BCUT2D eigenvalue weighted by molar-refractivity contribution is 4.91. The highest BCUT2D eigenvalue weighted by Crippen LogP contribution is 2.46. The van der Waals surface area contributed by atoms with Gasteiger partial charge in [0, 0.05) is 5.41 Å². The molecule has 0 aromatic carbocycles. The smallest absolute Gasteiger partial charge is 0.0544 e. The summed E-state index contributed by atoms with van der Waals surface area (Å²) in [5, 5.41) is 0. The minimum atomic E-state index is 0.632. The van der Waals surface area contributed by atoms with Gasteiger partial charge in [-0.2, -0.15) is 0 Å². The molecule has 1 aliphatic carbocycles. The third-order valence-electron chi connectivity index (χ3n) is 3.74. The van der Waals surface area contributed by atoms with E-state index in [1.807, 2.05) is 0 Å². The van der Waals surface area contributed by atoms with E-state index in [0.717, 1.165) is 25.0 Å². The third-order valence-corrected chi connectivity index (χ3v) is 3.74. The first kappa shape index (κ1) is 8.55. The lowest BCUT2D eigenvalue weighted by molar-refractivity contribution is -0.143. The lowest BCUT2D eigenvalue weighted by Gasteiger charge is -2.48. The van der Waals surface area contributed by atoms with Crippen LogP contribution in [0, 0.1) is 17.3 Å². The molecule has 1 saturated heterocycles. The first-order chi connectivity index (χ1) is 5.72. The molecule has 1 heteroatoms. The van der Waals surface area contributed by atoms with Crippen LogP contribution in [0.1, 0.15) is 39.5 Å². The predicted molar refractivity (Wildman–Crippen MR) is 50.0 cm³/mol. The molecule has 0 radical (unpaired) electrons. The summed E-state index contributed by atoms with van der Waals surface area (Å²) < 4.78 is 5.34. The molecule has 0 aromatic heterocycles. The van der Waals surface area contributed by atoms with Crippen LogP contribution in [0.5, 0.6) is 0 Å². The fourth-order valence-electron chi connectivity index (χ4n) is 2.72. The third kappa shape index (κ3) is 1.39. The molecule has 0 amide bonds. The Kier molecular flexibility index (Phi) is 2.16. The SMILES string of the molecule is CC(C)C1CCCC2(COC2)C1. The molecule has 1 saturated carbocycles. The maximum Gasteiger partial charge on any atom is 0.0544 e. The van der Waals surface area contributed by atoms with Crippen LogP contribution >= 0.6 is 0 Å². The van der Waals surface area contributed by atoms with E-state index in [2.05, 4.69) is 13.8 Å². The van der Waals surface area contributed by atoms with E-state index in [-0.39, 0.29) is 0 Å². The van der Waals surface area contributed by atoms with Gasteiger partial charge in [0.2, 0.25) is 0 Å². The normalized spacial score (nSPS) is 33.8. The lowest BCUT2D eigenvalue weighted by Crippen LogP contribution is -2.46. The molecule has 1 aliphatic heterocycles. The van der Waals surface area contributed by atoms with Gasteiger partial charge in [-0.15, -0.1) is 0 Å². The lowest BCUT2D eigenvalue weighted by atomic mass is 9.66. The zero-order valence-electron chi connectivity index (χ0n) is 8.31. The number of rotatable bonds is 1. The van der Waals surface area contributed by atoms with Crippen LogP contribution in [-0.4, -0.2) is 13.2 Å². The molecule has 0 N–H and O–H groups in total. The fraction of sp³-hybridized carbons (Fsp3) is 1.00. The molecule has 2 aliphatic rings. The van der Waals surface area contributed by atoms with Crippen molar-refractivity contribution in [3.8, 4) is 0 Å². The van der Waals surface area contributed by atoms with E-state index >= 15 is 0 Å². The second kappa shape index (κ2) is 3.02. The molecular formula is C11H20O. The van der Waals surface area contributed by atoms with Crippen molar-refractivity contribution in [2.75, 3.05) is 13.2 Å². The monoisotopic (exact) mass is 168 g/mol. The average molecular weight is 168 g/mol. The Hall–Kier alpha value is -0.0400. The zero-order chi connectivity index (χ0) is 8.60. The first-order valence-electron chi connectivity index (χ1n) is 5.30. The maximum absolute atomic E-state index is 5.34. The average Bonchev–Trinajstić information content (AvgIpc) is 2.02. The van der Waals surface area contributed by atoms with Crippen molar-refractivity contribution < 1.29 is 4.74 Å². The number of ether oxygens (including phenoxy) is 1. The summed E-state index contributed by atoms with van der Waals surface area (Å²) in [7, 11) is 0. The van der Waals surface area contributed by atoms with Gasteiger partial charge in [-0.1, -0.05) is 26.7 Å². The van der Waals surface area contributed by atoms with E-state index in [1.54, 1.807) is 0 Å². The number of hydrogen-bond donors (Lipinski definition) is 0. The zero-order valence-corrected chi connectivity index (χ0v) is 8.31. The summed E-state index contributed by atoms with van der Waals surface area (Å²) in [4.78, 5) is 0. The molecule has 12 heavy (non-hydrogen) atoms. The van der Waals surface area contributed by atoms with E-state index < -0.39 is 0 Å². The van der Waals surface area contributed by atoms with Crippen LogP contribution in [0.2, 0.25) is 0 Å². The molecule has 2 rings (SSSR count). The van der Waals surface area contributed by atoms with E-state index in [9.17, 15) is 0 Å². The van der Waals surface area contributed by atoms with Crippen molar-refractivity contribution >= 4 is 0 Å². The summed E-state index contributed by atoms with van der Waals surface area (Å²) in [5.74, 6) is 1.85. The summed E-state index contributed by atoms with van der Waals surface area (Å²) in [6.45, 7) is 6.83. The second-order valence-corrected chi connectivity index (χ2v) is 5.09. The van der Waals surface area contributed by atoms with Crippen LogP contribution in [-0.2, 0) is 4.74 Å². The molecule has 1 heterocycles. The highest BCUT2D eigenvalue weighted by Gasteiger charge is 2.42. The minimum absolute atomic E-state index is 0.632. The molecule has 1 spiro atoms. The van der Waals surface area contributed by atoms with Crippen molar-refractivity contribution in [1.29, 1.82) is 0 Å². The van der Waals surface area contributed by atoms with Gasteiger partial charge in [-0.25, -0.2) is 0 Å². The predicted octanol–water partition coefficient (Wildman–Crippen LogP) is 2.85. The van der Waals surface area contributed by atoms with Crippen molar-refractivity contribution in [2.45, 2.75) is 39.5 Å². The number of hydrogen-bond acceptors (Lipinski definition) is 1. The topological polar surface area (TPSA) is 9.23 Å². The quantitative estimate of drug-likeness (QED) is 0.585. The maximum atomic E-state index is 5.34. The Bertz CT molecular complexity index is 158. The first-order valence-corrected chi connectivity index (χ1v) is 5.30. The molecule has 1 unspecified atom stereocenters. The molecule has 0 aromatic rings. The van der Waals surface area contributed by atoms with Crippen LogP contribution in [0.3, 0.4) is 0 Å². The molecule has 1 atom stereocenters. The summed E-state index contributed by atoms with van der Waals surface area (Å²) in [5.41, 5.74) is 0.632. The van der Waals surface area contributed by atoms with Gasteiger partial charge in [-0.05, 0) is 24.7 Å². The molecule has 70 valence electrons. The highest BCUT2D eigenvalue weighted by atomic mass is 16.5. The van der Waals surface area contributed by atoms with Crippen LogP contribution < -0.4 is 0 Å². The molecule has 0 bridgehead atoms. The van der Waals surface area contributed by atoms with Crippen molar-refractivity contribution in [3.63, 3.8) is 0 Å². The Morgan fingerprint density at radius 2 is 2.08 bits per heavy atom. The largest absolute Gasteiger partial charge is 0.380 e. The van der Waals surface area contributed by atoms with Gasteiger partial charge < -0.3 is 4.74 Å². The minimum Gasteiger partial charge on any atom is -0.380 e. The molecule has 1 nitrogen and oxygen atoms in total. The van der Waals surface area contributed by atoms with Gasteiger partial charge in [0.05, 0.1) is 13.2 Å². The van der Waals surface area contributed by atoms with E-state index in [4.69, 9.17) is 4.74 Å². The molecular weight excluding hydrogens is 148 g/mol. The standard InChI is InChI=1S/C11H20O/c1-9(2)10-4-3-5-11(6-10)7-12-8-11/h9-10H,3-8H2,1-2H3. The molecule has 2 fully saturated rings. The summed E-state index contributed by atoms with van der Waals surface area (Å²) >= 11 is 0. The van der Waals surface area contributed by atoms with Crippen LogP contribution in [0.4, 0.5) is 0 Å². The van der Waals surface area contributed by atoms with Crippen molar-refractivity contribution in [2.24, 2.45) is 17.3 Å². The van der Waals surface area contributed by atoms with Gasteiger partial charge in [0.15, 0.2) is 0 Å². The van der Waals surface area contributed by atoms with Gasteiger partial charge in [-0.3, -0.25) is 0 Å². The van der Waals surface area contributed by atoms with Gasteiger partial charge >= 0.3 is 0 Å². The van der Waals surface area contributed by atoms with Crippen molar-refractivity contribution in [1.82, 2.24) is 0 Å². The van der Waals surface area contributed by atoms with E-state index in [0.29, 0.717) is 5.41 Å². The Balaban J connectivity index is 1.94. The summed E-state index contributed by atoms with van der Waals surface area (Å²) in [6.07, 6.45) is 5.76. The Morgan fingerprint density at radius 3 is 2.58 bits per heavy atom. The van der Waals surface area contributed by atoms with Crippen molar-refractivity contribution in [3.05, 3.63) is 0 Å². The van der Waals surface area contributed by atoms with Crippen LogP contribution in [0.15, 0.2) is 0 Å². The fourth-order valence-corrected chi connectivity index (χ4v) is 2.72. The van der Waals surface area contributed by atoms with Gasteiger partial charge in [0.1, 0.15) is 0 Å². The summed E-state index contributed by atoms with van der Waals surface area (Å²) in [6, 6.07) is 0. The van der Waals surface area contributed by atoms with E-state index in [1.165, 1.54) is 25.7 Å². The Morgan fingerprint density at radius 1 is 1.33 bits per heavy atom. The second-order valence-electron chi connectivity index (χ2n) is 5.09.